The summed E-state index contributed by atoms with van der Waals surface area (Å²) in [7, 11) is 0. The monoisotopic (exact) mass is 216 g/mol. The van der Waals surface area contributed by atoms with E-state index in [1.807, 2.05) is 11.8 Å². The van der Waals surface area contributed by atoms with E-state index in [-0.39, 0.29) is 0 Å². The first-order valence-electron chi connectivity index (χ1n) is 4.22. The van der Waals surface area contributed by atoms with Gasteiger partial charge in [0.25, 0.3) is 0 Å². The van der Waals surface area contributed by atoms with Crippen molar-refractivity contribution in [2.75, 3.05) is 30.3 Å². The molecule has 0 bridgehead atoms. The summed E-state index contributed by atoms with van der Waals surface area (Å²) in [6.07, 6.45) is 0. The lowest BCUT2D eigenvalue weighted by atomic mass is 10.5. The van der Waals surface area contributed by atoms with Gasteiger partial charge in [0.05, 0.1) is 6.54 Å². The van der Waals surface area contributed by atoms with Crippen LogP contribution in [0.2, 0.25) is 0 Å². The SMILES string of the molecule is Nc1nnc(CN2CCSCC2)s1. The summed E-state index contributed by atoms with van der Waals surface area (Å²) in [6, 6.07) is 0. The zero-order chi connectivity index (χ0) is 9.10. The molecule has 4 nitrogen and oxygen atoms in total. The molecule has 2 N–H and O–H groups in total. The van der Waals surface area contributed by atoms with Gasteiger partial charge in [-0.2, -0.15) is 11.8 Å². The molecule has 1 aliphatic rings. The molecule has 0 spiro atoms. The first-order chi connectivity index (χ1) is 6.34. The van der Waals surface area contributed by atoms with E-state index in [1.54, 1.807) is 0 Å². The van der Waals surface area contributed by atoms with Crippen LogP contribution in [0.4, 0.5) is 5.13 Å². The van der Waals surface area contributed by atoms with Crippen LogP contribution in [-0.4, -0.2) is 39.7 Å². The summed E-state index contributed by atoms with van der Waals surface area (Å²) >= 11 is 3.50. The minimum atomic E-state index is 0.571. The molecule has 0 amide bonds. The van der Waals surface area contributed by atoms with Crippen molar-refractivity contribution in [1.29, 1.82) is 0 Å². The van der Waals surface area contributed by atoms with Crippen molar-refractivity contribution in [3.05, 3.63) is 5.01 Å². The van der Waals surface area contributed by atoms with Gasteiger partial charge in [-0.3, -0.25) is 4.90 Å². The van der Waals surface area contributed by atoms with Crippen LogP contribution in [-0.2, 0) is 6.54 Å². The van der Waals surface area contributed by atoms with Gasteiger partial charge in [0, 0.05) is 24.6 Å². The second-order valence-corrected chi connectivity index (χ2v) is 5.24. The van der Waals surface area contributed by atoms with Gasteiger partial charge < -0.3 is 5.73 Å². The van der Waals surface area contributed by atoms with Crippen molar-refractivity contribution in [3.8, 4) is 0 Å². The maximum Gasteiger partial charge on any atom is 0.203 e. The number of nitrogens with two attached hydrogens (primary N) is 1. The molecule has 2 heterocycles. The van der Waals surface area contributed by atoms with Crippen molar-refractivity contribution in [1.82, 2.24) is 15.1 Å². The number of thioether (sulfide) groups is 1. The average Bonchev–Trinajstić information content (AvgIpc) is 2.53. The van der Waals surface area contributed by atoms with Crippen LogP contribution in [0.3, 0.4) is 0 Å². The Labute approximate surface area is 85.5 Å². The molecule has 6 heteroatoms. The van der Waals surface area contributed by atoms with E-state index in [2.05, 4.69) is 15.1 Å². The van der Waals surface area contributed by atoms with Crippen LogP contribution < -0.4 is 5.73 Å². The van der Waals surface area contributed by atoms with E-state index < -0.39 is 0 Å². The minimum Gasteiger partial charge on any atom is -0.374 e. The predicted octanol–water partition coefficient (Wildman–Crippen LogP) is 0.669. The van der Waals surface area contributed by atoms with Gasteiger partial charge in [0.15, 0.2) is 0 Å². The molecule has 13 heavy (non-hydrogen) atoms. The summed E-state index contributed by atoms with van der Waals surface area (Å²) in [5.74, 6) is 2.46. The van der Waals surface area contributed by atoms with Crippen LogP contribution in [0.5, 0.6) is 0 Å². The van der Waals surface area contributed by atoms with E-state index in [9.17, 15) is 0 Å². The number of hydrogen-bond acceptors (Lipinski definition) is 6. The molecule has 0 aliphatic carbocycles. The van der Waals surface area contributed by atoms with Gasteiger partial charge >= 0.3 is 0 Å². The van der Waals surface area contributed by atoms with Crippen molar-refractivity contribution >= 4 is 28.2 Å². The smallest absolute Gasteiger partial charge is 0.203 e. The van der Waals surface area contributed by atoms with E-state index in [0.717, 1.165) is 24.6 Å². The first kappa shape index (κ1) is 9.23. The second-order valence-electron chi connectivity index (χ2n) is 2.92. The molecule has 0 aromatic carbocycles. The molecule has 2 rings (SSSR count). The summed E-state index contributed by atoms with van der Waals surface area (Å²) in [5.41, 5.74) is 5.51. The Balaban J connectivity index is 1.89. The maximum atomic E-state index is 5.51. The molecule has 1 aromatic rings. The second kappa shape index (κ2) is 4.26. The Kier molecular flexibility index (Phi) is 3.02. The molecule has 1 aliphatic heterocycles. The number of nitrogen functional groups attached to an aromatic ring is 1. The van der Waals surface area contributed by atoms with Gasteiger partial charge in [-0.05, 0) is 0 Å². The van der Waals surface area contributed by atoms with Gasteiger partial charge in [-0.1, -0.05) is 11.3 Å². The zero-order valence-corrected chi connectivity index (χ0v) is 8.90. The van der Waals surface area contributed by atoms with Crippen LogP contribution in [0, 0.1) is 0 Å². The number of hydrogen-bond donors (Lipinski definition) is 1. The van der Waals surface area contributed by atoms with E-state index in [0.29, 0.717) is 5.13 Å². The van der Waals surface area contributed by atoms with Crippen molar-refractivity contribution in [2.45, 2.75) is 6.54 Å². The highest BCUT2D eigenvalue weighted by Crippen LogP contribution is 2.16. The highest BCUT2D eigenvalue weighted by Gasteiger charge is 2.12. The molecule has 72 valence electrons. The fraction of sp³-hybridized carbons (Fsp3) is 0.714. The zero-order valence-electron chi connectivity index (χ0n) is 7.27. The number of rotatable bonds is 2. The minimum absolute atomic E-state index is 0.571. The third-order valence-electron chi connectivity index (χ3n) is 1.95. The lowest BCUT2D eigenvalue weighted by Gasteiger charge is -2.24. The molecule has 0 unspecified atom stereocenters. The van der Waals surface area contributed by atoms with Crippen LogP contribution in [0.1, 0.15) is 5.01 Å². The molecule has 0 saturated carbocycles. The Hall–Kier alpha value is -0.330. The van der Waals surface area contributed by atoms with Crippen LogP contribution >= 0.6 is 23.1 Å². The largest absolute Gasteiger partial charge is 0.374 e. The molecular formula is C7H12N4S2. The van der Waals surface area contributed by atoms with E-state index >= 15 is 0 Å². The highest BCUT2D eigenvalue weighted by atomic mass is 32.2. The fourth-order valence-corrected chi connectivity index (χ4v) is 2.91. The number of nitrogens with zero attached hydrogens (tertiary/aromatic N) is 3. The molecule has 1 fully saturated rings. The highest BCUT2D eigenvalue weighted by molar-refractivity contribution is 7.99. The predicted molar refractivity (Wildman–Crippen MR) is 56.9 cm³/mol. The molecular weight excluding hydrogens is 204 g/mol. The Morgan fingerprint density at radius 2 is 2.08 bits per heavy atom. The fourth-order valence-electron chi connectivity index (χ4n) is 1.28. The Morgan fingerprint density at radius 1 is 1.31 bits per heavy atom. The van der Waals surface area contributed by atoms with Gasteiger partial charge in [-0.25, -0.2) is 0 Å². The standard InChI is InChI=1S/C7H12N4S2/c8-7-10-9-6(13-7)5-11-1-3-12-4-2-11/h1-5H2,(H2,8,10). The average molecular weight is 216 g/mol. The van der Waals surface area contributed by atoms with E-state index in [4.69, 9.17) is 5.73 Å². The summed E-state index contributed by atoms with van der Waals surface area (Å²) in [5, 5.41) is 9.40. The summed E-state index contributed by atoms with van der Waals surface area (Å²) in [6.45, 7) is 3.23. The number of anilines is 1. The quantitative estimate of drug-likeness (QED) is 0.787. The van der Waals surface area contributed by atoms with Crippen LogP contribution in [0.25, 0.3) is 0 Å². The first-order valence-corrected chi connectivity index (χ1v) is 6.19. The van der Waals surface area contributed by atoms with E-state index in [1.165, 1.54) is 22.8 Å². The Morgan fingerprint density at radius 3 is 2.69 bits per heavy atom. The molecule has 1 saturated heterocycles. The topological polar surface area (TPSA) is 55.0 Å². The van der Waals surface area contributed by atoms with Crippen molar-refractivity contribution < 1.29 is 0 Å². The lowest BCUT2D eigenvalue weighted by molar-refractivity contribution is 0.293. The van der Waals surface area contributed by atoms with Crippen LogP contribution in [0.15, 0.2) is 0 Å². The third kappa shape index (κ3) is 2.55. The third-order valence-corrected chi connectivity index (χ3v) is 3.62. The van der Waals surface area contributed by atoms with Gasteiger partial charge in [-0.15, -0.1) is 10.2 Å². The summed E-state index contributed by atoms with van der Waals surface area (Å²) < 4.78 is 0. The summed E-state index contributed by atoms with van der Waals surface area (Å²) in [4.78, 5) is 2.40. The molecule has 1 aromatic heterocycles. The normalized spacial score (nSPS) is 19.1. The Bertz CT molecular complexity index is 269. The number of aromatic nitrogens is 2. The lowest BCUT2D eigenvalue weighted by Crippen LogP contribution is -2.31. The van der Waals surface area contributed by atoms with Gasteiger partial charge in [0.2, 0.25) is 5.13 Å². The maximum absolute atomic E-state index is 5.51. The molecule has 0 atom stereocenters. The van der Waals surface area contributed by atoms with Crippen molar-refractivity contribution in [3.63, 3.8) is 0 Å². The molecule has 0 radical (unpaired) electrons. The van der Waals surface area contributed by atoms with Gasteiger partial charge in [0.1, 0.15) is 5.01 Å². The van der Waals surface area contributed by atoms with Crippen molar-refractivity contribution in [2.24, 2.45) is 0 Å².